The van der Waals surface area contributed by atoms with Crippen LogP contribution in [-0.2, 0) is 19.1 Å². The number of nitrogens with zero attached hydrogens (tertiary/aromatic N) is 1. The predicted molar refractivity (Wildman–Crippen MR) is 75.0 cm³/mol. The van der Waals surface area contributed by atoms with Crippen LogP contribution in [0.15, 0.2) is 12.1 Å². The summed E-state index contributed by atoms with van der Waals surface area (Å²) in [6, 6.07) is 1.58. The number of carbonyl (C=O) groups excluding carboxylic acids is 2. The number of benzene rings is 1. The lowest BCUT2D eigenvalue weighted by atomic mass is 9.85. The number of hydrogen-bond acceptors (Lipinski definition) is 7. The molecule has 1 rings (SSSR count). The number of nitro groups is 1. The molecule has 1 unspecified atom stereocenters. The smallest absolute Gasteiger partial charge is 0.320 e. The first-order valence-corrected chi connectivity index (χ1v) is 6.57. The van der Waals surface area contributed by atoms with Crippen LogP contribution in [0.2, 0.25) is 0 Å². The largest absolute Gasteiger partial charge is 0.497 e. The molecule has 0 aliphatic heterocycles. The van der Waals surface area contributed by atoms with E-state index in [1.54, 1.807) is 0 Å². The summed E-state index contributed by atoms with van der Waals surface area (Å²) in [6.45, 7) is -1.09. The lowest BCUT2D eigenvalue weighted by Gasteiger charge is -2.21. The Hall–Kier alpha value is -2.78. The molecule has 0 aliphatic rings. The van der Waals surface area contributed by atoms with Gasteiger partial charge in [0.15, 0.2) is 5.92 Å². The van der Waals surface area contributed by atoms with Crippen LogP contribution in [0.5, 0.6) is 5.75 Å². The van der Waals surface area contributed by atoms with E-state index in [1.807, 2.05) is 0 Å². The molecule has 0 aliphatic carbocycles. The molecule has 0 heterocycles. The van der Waals surface area contributed by atoms with Gasteiger partial charge in [0.2, 0.25) is 6.54 Å². The fraction of sp³-hybridized carbons (Fsp3) is 0.429. The SMILES string of the molecule is COC(=O)C(C(=O)OC)C(C[N+](=O)[O-])c1c(F)cc(OC)cc1F. The van der Waals surface area contributed by atoms with Gasteiger partial charge in [-0.25, -0.2) is 8.78 Å². The van der Waals surface area contributed by atoms with Gasteiger partial charge in [0.05, 0.1) is 27.2 Å². The zero-order valence-electron chi connectivity index (χ0n) is 13.1. The average Bonchev–Trinajstić information content (AvgIpc) is 2.52. The van der Waals surface area contributed by atoms with Crippen molar-refractivity contribution in [3.05, 3.63) is 39.4 Å². The van der Waals surface area contributed by atoms with E-state index in [2.05, 4.69) is 9.47 Å². The number of carbonyl (C=O) groups is 2. The van der Waals surface area contributed by atoms with Gasteiger partial charge < -0.3 is 14.2 Å². The number of halogens is 2. The lowest BCUT2D eigenvalue weighted by Crippen LogP contribution is -2.36. The van der Waals surface area contributed by atoms with Crippen molar-refractivity contribution in [2.45, 2.75) is 5.92 Å². The van der Waals surface area contributed by atoms with Crippen LogP contribution in [0.1, 0.15) is 11.5 Å². The van der Waals surface area contributed by atoms with Gasteiger partial charge in [-0.2, -0.15) is 0 Å². The maximum absolute atomic E-state index is 14.2. The highest BCUT2D eigenvalue weighted by Crippen LogP contribution is 2.33. The highest BCUT2D eigenvalue weighted by Gasteiger charge is 2.43. The maximum atomic E-state index is 14.2. The standard InChI is InChI=1S/C14H15F2NO7/c1-22-7-4-9(15)11(10(16)5-7)8(6-17(20)21)12(13(18)23-2)14(19)24-3/h4-5,8,12H,6H2,1-3H3. The van der Waals surface area contributed by atoms with E-state index in [1.165, 1.54) is 7.11 Å². The predicted octanol–water partition coefficient (Wildman–Crippen LogP) is 1.30. The van der Waals surface area contributed by atoms with E-state index < -0.39 is 52.4 Å². The molecule has 0 amide bonds. The van der Waals surface area contributed by atoms with Crippen molar-refractivity contribution < 1.29 is 37.5 Å². The molecular formula is C14H15F2NO7. The minimum Gasteiger partial charge on any atom is -0.497 e. The highest BCUT2D eigenvalue weighted by atomic mass is 19.1. The van der Waals surface area contributed by atoms with Crippen molar-refractivity contribution in [3.63, 3.8) is 0 Å². The van der Waals surface area contributed by atoms with Gasteiger partial charge in [0, 0.05) is 22.6 Å². The molecular weight excluding hydrogens is 332 g/mol. The first kappa shape index (κ1) is 19.3. The van der Waals surface area contributed by atoms with Crippen molar-refractivity contribution in [2.75, 3.05) is 27.9 Å². The number of ether oxygens (including phenoxy) is 3. The Morgan fingerprint density at radius 1 is 1.12 bits per heavy atom. The van der Waals surface area contributed by atoms with E-state index in [0.717, 1.165) is 26.4 Å². The second kappa shape index (κ2) is 8.18. The van der Waals surface area contributed by atoms with Gasteiger partial charge in [-0.1, -0.05) is 0 Å². The van der Waals surface area contributed by atoms with Gasteiger partial charge in [-0.3, -0.25) is 19.7 Å². The molecule has 24 heavy (non-hydrogen) atoms. The molecule has 0 saturated carbocycles. The summed E-state index contributed by atoms with van der Waals surface area (Å²) < 4.78 is 42.0. The third-order valence-corrected chi connectivity index (χ3v) is 3.32. The topological polar surface area (TPSA) is 105 Å². The average molecular weight is 347 g/mol. The Morgan fingerprint density at radius 2 is 1.58 bits per heavy atom. The van der Waals surface area contributed by atoms with Crippen molar-refractivity contribution in [1.82, 2.24) is 0 Å². The van der Waals surface area contributed by atoms with Crippen LogP contribution in [0, 0.1) is 27.7 Å². The third-order valence-electron chi connectivity index (χ3n) is 3.32. The number of esters is 2. The Balaban J connectivity index is 3.53. The molecule has 0 radical (unpaired) electrons. The fourth-order valence-corrected chi connectivity index (χ4v) is 2.24. The molecule has 0 aromatic heterocycles. The molecule has 1 aromatic rings. The molecule has 10 heteroatoms. The molecule has 0 saturated heterocycles. The van der Waals surface area contributed by atoms with E-state index in [0.29, 0.717) is 0 Å². The Labute approximate surface area is 135 Å². The minimum absolute atomic E-state index is 0.165. The van der Waals surface area contributed by atoms with Gasteiger partial charge in [-0.05, 0) is 0 Å². The zero-order chi connectivity index (χ0) is 18.4. The second-order valence-electron chi connectivity index (χ2n) is 4.65. The van der Waals surface area contributed by atoms with Crippen molar-refractivity contribution in [1.29, 1.82) is 0 Å². The van der Waals surface area contributed by atoms with E-state index in [9.17, 15) is 28.5 Å². The molecule has 132 valence electrons. The summed E-state index contributed by atoms with van der Waals surface area (Å²) in [5, 5.41) is 10.9. The molecule has 0 N–H and O–H groups in total. The third kappa shape index (κ3) is 4.15. The van der Waals surface area contributed by atoms with Crippen LogP contribution in [0.25, 0.3) is 0 Å². The second-order valence-corrected chi connectivity index (χ2v) is 4.65. The van der Waals surface area contributed by atoms with Crippen LogP contribution >= 0.6 is 0 Å². The summed E-state index contributed by atoms with van der Waals surface area (Å²) in [7, 11) is 3.04. The summed E-state index contributed by atoms with van der Waals surface area (Å²) in [6.07, 6.45) is 0. The maximum Gasteiger partial charge on any atom is 0.320 e. The summed E-state index contributed by atoms with van der Waals surface area (Å²) in [5.41, 5.74) is -0.798. The van der Waals surface area contributed by atoms with Crippen LogP contribution in [0.4, 0.5) is 8.78 Å². The molecule has 0 fully saturated rings. The number of methoxy groups -OCH3 is 3. The Bertz CT molecular complexity index is 611. The zero-order valence-corrected chi connectivity index (χ0v) is 13.1. The first-order chi connectivity index (χ1) is 11.3. The molecule has 8 nitrogen and oxygen atoms in total. The minimum atomic E-state index is -1.90. The van der Waals surface area contributed by atoms with Gasteiger partial charge in [0.25, 0.3) is 0 Å². The molecule has 0 spiro atoms. The van der Waals surface area contributed by atoms with Crippen LogP contribution in [-0.4, -0.2) is 44.7 Å². The quantitative estimate of drug-likeness (QED) is 0.317. The monoisotopic (exact) mass is 347 g/mol. The van der Waals surface area contributed by atoms with Crippen LogP contribution < -0.4 is 4.74 Å². The number of rotatable bonds is 7. The van der Waals surface area contributed by atoms with Crippen molar-refractivity contribution in [2.24, 2.45) is 5.92 Å². The summed E-state index contributed by atoms with van der Waals surface area (Å²) in [4.78, 5) is 33.7. The highest BCUT2D eigenvalue weighted by molar-refractivity contribution is 5.96. The Kier molecular flexibility index (Phi) is 6.57. The van der Waals surface area contributed by atoms with Gasteiger partial charge in [0.1, 0.15) is 17.4 Å². The molecule has 1 aromatic carbocycles. The Morgan fingerprint density at radius 3 is 1.92 bits per heavy atom. The summed E-state index contributed by atoms with van der Waals surface area (Å²) >= 11 is 0. The normalized spacial score (nSPS) is 11.8. The lowest BCUT2D eigenvalue weighted by molar-refractivity contribution is -0.484. The van der Waals surface area contributed by atoms with Crippen molar-refractivity contribution in [3.8, 4) is 5.75 Å². The molecule has 0 bridgehead atoms. The molecule has 1 atom stereocenters. The summed E-state index contributed by atoms with van der Waals surface area (Å²) in [5.74, 6) is -8.63. The van der Waals surface area contributed by atoms with E-state index in [4.69, 9.17) is 4.74 Å². The van der Waals surface area contributed by atoms with E-state index >= 15 is 0 Å². The fourth-order valence-electron chi connectivity index (χ4n) is 2.24. The van der Waals surface area contributed by atoms with Gasteiger partial charge in [-0.15, -0.1) is 0 Å². The van der Waals surface area contributed by atoms with Crippen LogP contribution in [0.3, 0.4) is 0 Å². The van der Waals surface area contributed by atoms with E-state index in [-0.39, 0.29) is 5.75 Å². The van der Waals surface area contributed by atoms with Gasteiger partial charge >= 0.3 is 11.9 Å². The van der Waals surface area contributed by atoms with Crippen molar-refractivity contribution >= 4 is 11.9 Å². The number of hydrogen-bond donors (Lipinski definition) is 0. The first-order valence-electron chi connectivity index (χ1n) is 6.57.